The minimum atomic E-state index is 0. The van der Waals surface area contributed by atoms with Crippen molar-refractivity contribution in [3.05, 3.63) is 60.2 Å². The number of aromatic nitrogens is 4. The predicted octanol–water partition coefficient (Wildman–Crippen LogP) is 2.99. The monoisotopic (exact) mass is 503 g/mol. The molecule has 2 aliphatic heterocycles. The molecule has 8 bridgehead atoms. The van der Waals surface area contributed by atoms with E-state index in [1.165, 1.54) is 0 Å². The molecule has 5 rings (SSSR count). The van der Waals surface area contributed by atoms with E-state index in [2.05, 4.69) is 42.1 Å². The average Bonchev–Trinajstić information content (AvgIpc) is 3.24. The van der Waals surface area contributed by atoms with Crippen LogP contribution in [0.15, 0.2) is 46.4 Å². The Morgan fingerprint density at radius 1 is 0.600 bits per heavy atom. The molecule has 0 unspecified atom stereocenters. The molecule has 0 amide bonds. The van der Waals surface area contributed by atoms with Gasteiger partial charge >= 0.3 is 21.1 Å². The van der Waals surface area contributed by atoms with Crippen LogP contribution in [0.25, 0.3) is 21.8 Å². The van der Waals surface area contributed by atoms with E-state index in [1.807, 2.05) is 36.4 Å². The summed E-state index contributed by atoms with van der Waals surface area (Å²) in [5.41, 5.74) is 1.30. The van der Waals surface area contributed by atoms with Crippen molar-refractivity contribution >= 4 is 45.9 Å². The molecule has 0 N–H and O–H groups in total. The van der Waals surface area contributed by atoms with E-state index >= 15 is 0 Å². The van der Waals surface area contributed by atoms with Gasteiger partial charge in [0, 0.05) is 0 Å². The van der Waals surface area contributed by atoms with Gasteiger partial charge in [-0.25, -0.2) is 9.97 Å². The van der Waals surface area contributed by atoms with Crippen LogP contribution in [0.4, 0.5) is 11.6 Å². The Kier molecular flexibility index (Phi) is 3.90. The van der Waals surface area contributed by atoms with Crippen molar-refractivity contribution in [2.75, 3.05) is 0 Å². The molecule has 0 aliphatic carbocycles. The summed E-state index contributed by atoms with van der Waals surface area (Å²) >= 11 is 0. The molecular weight excluding hydrogens is 495 g/mol. The Hall–Kier alpha value is -2.85. The van der Waals surface area contributed by atoms with Crippen LogP contribution in [-0.2, 0) is 21.1 Å². The normalized spacial score (nSPS) is 12.2. The molecule has 7 heteroatoms. The Bertz CT molecular complexity index is 1080. The second-order valence-corrected chi connectivity index (χ2v) is 5.23. The zero-order valence-electron chi connectivity index (χ0n) is 12.6. The molecule has 0 spiro atoms. The first kappa shape index (κ1) is 15.7. The molecule has 3 aromatic rings. The molecular formula is C18H8N6Pt. The van der Waals surface area contributed by atoms with Gasteiger partial charge in [-0.15, -0.1) is 59.3 Å². The summed E-state index contributed by atoms with van der Waals surface area (Å²) in [6.45, 7) is 0. The number of fused-ring (bicyclic) bond motifs is 10. The first-order valence-corrected chi connectivity index (χ1v) is 7.32. The first-order valence-electron chi connectivity index (χ1n) is 7.32. The maximum absolute atomic E-state index is 4.47. The molecule has 6 nitrogen and oxygen atoms in total. The van der Waals surface area contributed by atoms with Crippen molar-refractivity contribution in [3.8, 4) is 0 Å². The number of hydrogen-bond donors (Lipinski definition) is 0. The summed E-state index contributed by atoms with van der Waals surface area (Å²) in [4.78, 5) is 26.5. The molecule has 0 saturated heterocycles. The van der Waals surface area contributed by atoms with Crippen molar-refractivity contribution in [1.82, 2.24) is 19.9 Å². The standard InChI is InChI=1S/C18H8N6.Pt/c1-3-11-7-13(5-1)21-15-9-20-18(24-15)12-4-2-6-14(8-12)22-16-10-19-17(11)23-16;/h1-6,9-10H;/q-2;+2. The second-order valence-electron chi connectivity index (χ2n) is 5.23. The van der Waals surface area contributed by atoms with Crippen LogP contribution in [0.3, 0.4) is 0 Å². The van der Waals surface area contributed by atoms with Gasteiger partial charge in [-0.2, -0.15) is 0 Å². The molecule has 0 saturated carbocycles. The summed E-state index contributed by atoms with van der Waals surface area (Å²) in [7, 11) is 0. The minimum absolute atomic E-state index is 0. The number of nitrogens with zero attached hydrogens (tertiary/aromatic N) is 6. The summed E-state index contributed by atoms with van der Waals surface area (Å²) in [5, 5.41) is 1.51. The topological polar surface area (TPSA) is 76.3 Å². The van der Waals surface area contributed by atoms with E-state index in [-0.39, 0.29) is 21.1 Å². The van der Waals surface area contributed by atoms with Gasteiger partial charge in [0.25, 0.3) is 0 Å². The minimum Gasteiger partial charge on any atom is -0.281 e. The molecule has 120 valence electrons. The van der Waals surface area contributed by atoms with Crippen molar-refractivity contribution in [3.63, 3.8) is 0 Å². The van der Waals surface area contributed by atoms with Crippen LogP contribution in [0.5, 0.6) is 0 Å². The first-order chi connectivity index (χ1) is 11.8. The van der Waals surface area contributed by atoms with Crippen LogP contribution in [-0.4, -0.2) is 32.4 Å². The van der Waals surface area contributed by atoms with Gasteiger partial charge in [0.05, 0.1) is 24.1 Å². The number of rotatable bonds is 0. The molecule has 1 aromatic heterocycles. The van der Waals surface area contributed by atoms with Crippen molar-refractivity contribution in [1.29, 1.82) is 0 Å². The van der Waals surface area contributed by atoms with Crippen LogP contribution < -0.4 is 0 Å². The largest absolute Gasteiger partial charge is 2.00 e. The summed E-state index contributed by atoms with van der Waals surface area (Å²) in [5.74, 6) is 2.17. The third kappa shape index (κ3) is 2.96. The summed E-state index contributed by atoms with van der Waals surface area (Å²) < 4.78 is 0. The van der Waals surface area contributed by atoms with Crippen LogP contribution in [0, 0.1) is 12.1 Å². The van der Waals surface area contributed by atoms with Crippen molar-refractivity contribution < 1.29 is 21.1 Å². The third-order valence-corrected chi connectivity index (χ3v) is 3.56. The molecule has 2 aliphatic rings. The Labute approximate surface area is 157 Å². The molecule has 3 heterocycles. The zero-order chi connectivity index (χ0) is 15.9. The van der Waals surface area contributed by atoms with E-state index in [4.69, 9.17) is 0 Å². The van der Waals surface area contributed by atoms with E-state index in [0.717, 1.165) is 10.8 Å². The fraction of sp³-hybridized carbons (Fsp3) is 0. The van der Waals surface area contributed by atoms with Gasteiger partial charge < -0.3 is 0 Å². The average molecular weight is 503 g/mol. The fourth-order valence-electron chi connectivity index (χ4n) is 2.49. The van der Waals surface area contributed by atoms with Crippen LogP contribution in [0.1, 0.15) is 11.6 Å². The van der Waals surface area contributed by atoms with Gasteiger partial charge in [-0.3, -0.25) is 20.0 Å². The third-order valence-electron chi connectivity index (χ3n) is 3.56. The van der Waals surface area contributed by atoms with E-state index in [9.17, 15) is 0 Å². The Morgan fingerprint density at radius 3 is 1.56 bits per heavy atom. The SMILES string of the molecule is [Pt+2].[c-]1c2cccc1c1nc(nc3[c-]c(ccc3)c3nc(n2)C=N3)C=N1. The smallest absolute Gasteiger partial charge is 0.281 e. The van der Waals surface area contributed by atoms with Gasteiger partial charge in [-0.1, -0.05) is 0 Å². The molecule has 0 atom stereocenters. The maximum atomic E-state index is 4.47. The van der Waals surface area contributed by atoms with E-state index in [0.29, 0.717) is 34.3 Å². The van der Waals surface area contributed by atoms with Gasteiger partial charge in [0.1, 0.15) is 0 Å². The van der Waals surface area contributed by atoms with Gasteiger partial charge in [0.15, 0.2) is 11.6 Å². The maximum Gasteiger partial charge on any atom is 2.00 e. The number of benzene rings is 2. The molecule has 25 heavy (non-hydrogen) atoms. The summed E-state index contributed by atoms with van der Waals surface area (Å²) in [6, 6.07) is 17.6. The van der Waals surface area contributed by atoms with Gasteiger partial charge in [0.2, 0.25) is 0 Å². The van der Waals surface area contributed by atoms with Crippen LogP contribution in [0.2, 0.25) is 0 Å². The Morgan fingerprint density at radius 2 is 1.08 bits per heavy atom. The molecule has 2 aromatic carbocycles. The van der Waals surface area contributed by atoms with Gasteiger partial charge in [-0.05, 0) is 11.0 Å². The fourth-order valence-corrected chi connectivity index (χ4v) is 2.49. The van der Waals surface area contributed by atoms with E-state index < -0.39 is 0 Å². The zero-order valence-corrected chi connectivity index (χ0v) is 14.9. The predicted molar refractivity (Wildman–Crippen MR) is 91.3 cm³/mol. The molecule has 0 fully saturated rings. The van der Waals surface area contributed by atoms with Crippen molar-refractivity contribution in [2.24, 2.45) is 9.98 Å². The Balaban J connectivity index is 0.00000157. The van der Waals surface area contributed by atoms with Crippen molar-refractivity contribution in [2.45, 2.75) is 0 Å². The number of aliphatic imine (C=N–C) groups is 2. The van der Waals surface area contributed by atoms with E-state index in [1.54, 1.807) is 12.4 Å². The number of hydrogen-bond acceptors (Lipinski definition) is 6. The molecule has 0 radical (unpaired) electrons. The summed E-state index contributed by atoms with van der Waals surface area (Å²) in [6.07, 6.45) is 3.26. The van der Waals surface area contributed by atoms with Crippen LogP contribution >= 0.6 is 0 Å². The quantitative estimate of drug-likeness (QED) is 0.305. The second kappa shape index (κ2) is 6.22.